The van der Waals surface area contributed by atoms with Crippen molar-refractivity contribution in [2.45, 2.75) is 110 Å². The predicted octanol–water partition coefficient (Wildman–Crippen LogP) is 6.82. The molecule has 0 heterocycles. The first kappa shape index (κ1) is 21.2. The number of hydrogen-bond donors (Lipinski definition) is 1. The quantitative estimate of drug-likeness (QED) is 0.372. The molecule has 0 unspecified atom stereocenters. The summed E-state index contributed by atoms with van der Waals surface area (Å²) in [7, 11) is 0. The van der Waals surface area contributed by atoms with Crippen LogP contribution in [0.3, 0.4) is 0 Å². The molecule has 0 aliphatic heterocycles. The van der Waals surface area contributed by atoms with E-state index in [4.69, 9.17) is 5.73 Å². The Kier molecular flexibility index (Phi) is 11.1. The second kappa shape index (κ2) is 12.5. The molecule has 1 nitrogen and oxygen atoms in total. The van der Waals surface area contributed by atoms with Gasteiger partial charge in [-0.15, -0.1) is 0 Å². The highest BCUT2D eigenvalue weighted by Crippen LogP contribution is 2.23. The Morgan fingerprint density at radius 1 is 0.625 bits per heavy atom. The van der Waals surface area contributed by atoms with E-state index in [0.717, 1.165) is 25.7 Å². The van der Waals surface area contributed by atoms with Gasteiger partial charge in [-0.3, -0.25) is 0 Å². The molecule has 24 heavy (non-hydrogen) atoms. The van der Waals surface area contributed by atoms with E-state index >= 15 is 0 Å². The van der Waals surface area contributed by atoms with Crippen molar-refractivity contribution in [2.24, 2.45) is 5.73 Å². The lowest BCUT2D eigenvalue weighted by atomic mass is 9.84. The lowest BCUT2D eigenvalue weighted by molar-refractivity contribution is 0.333. The van der Waals surface area contributed by atoms with E-state index in [9.17, 15) is 0 Å². The minimum Gasteiger partial charge on any atom is -0.325 e. The summed E-state index contributed by atoms with van der Waals surface area (Å²) >= 11 is 0. The van der Waals surface area contributed by atoms with Crippen LogP contribution in [0.25, 0.3) is 0 Å². The van der Waals surface area contributed by atoms with Crippen LogP contribution in [0.2, 0.25) is 0 Å². The average Bonchev–Trinajstić information content (AvgIpc) is 2.58. The monoisotopic (exact) mass is 331 g/mol. The number of rotatable bonds is 14. The van der Waals surface area contributed by atoms with Crippen molar-refractivity contribution in [3.8, 4) is 0 Å². The highest BCUT2D eigenvalue weighted by atomic mass is 14.7. The average molecular weight is 332 g/mol. The van der Waals surface area contributed by atoms with Crippen molar-refractivity contribution in [1.29, 1.82) is 0 Å². The molecule has 0 spiro atoms. The topological polar surface area (TPSA) is 26.0 Å². The zero-order valence-electron chi connectivity index (χ0n) is 16.6. The van der Waals surface area contributed by atoms with Crippen LogP contribution in [0.4, 0.5) is 0 Å². The van der Waals surface area contributed by atoms with Gasteiger partial charge in [0.15, 0.2) is 0 Å². The Hall–Kier alpha value is -0.820. The number of hydrogen-bond acceptors (Lipinski definition) is 1. The molecule has 1 heteroatoms. The van der Waals surface area contributed by atoms with E-state index in [1.54, 1.807) is 0 Å². The molecular formula is C23H41N. The van der Waals surface area contributed by atoms with Crippen LogP contribution in [0.15, 0.2) is 24.3 Å². The third kappa shape index (κ3) is 8.87. The number of unbranched alkanes of at least 4 members (excludes halogenated alkanes) is 5. The summed E-state index contributed by atoms with van der Waals surface area (Å²) in [5, 5.41) is 0. The van der Waals surface area contributed by atoms with E-state index in [1.807, 2.05) is 0 Å². The Morgan fingerprint density at radius 2 is 1.12 bits per heavy atom. The first-order chi connectivity index (χ1) is 11.6. The molecule has 0 atom stereocenters. The van der Waals surface area contributed by atoms with Gasteiger partial charge in [-0.2, -0.15) is 0 Å². The van der Waals surface area contributed by atoms with E-state index in [1.165, 1.54) is 68.9 Å². The lowest BCUT2D eigenvalue weighted by Crippen LogP contribution is -2.40. The first-order valence-corrected chi connectivity index (χ1v) is 10.5. The van der Waals surface area contributed by atoms with Gasteiger partial charge in [0.05, 0.1) is 0 Å². The van der Waals surface area contributed by atoms with Crippen LogP contribution >= 0.6 is 0 Å². The zero-order valence-corrected chi connectivity index (χ0v) is 16.6. The van der Waals surface area contributed by atoms with Crippen LogP contribution in [0.1, 0.15) is 103 Å². The number of nitrogens with two attached hydrogens (primary N) is 1. The van der Waals surface area contributed by atoms with Gasteiger partial charge in [-0.05, 0) is 49.7 Å². The van der Waals surface area contributed by atoms with Crippen molar-refractivity contribution < 1.29 is 0 Å². The predicted molar refractivity (Wildman–Crippen MR) is 109 cm³/mol. The van der Waals surface area contributed by atoms with Crippen LogP contribution in [0.5, 0.6) is 0 Å². The van der Waals surface area contributed by atoms with Gasteiger partial charge in [0.25, 0.3) is 0 Å². The van der Waals surface area contributed by atoms with E-state index < -0.39 is 0 Å². The SMILES string of the molecule is CCCCCCCCc1ccc(CCC(N)(CCC)CCC)cc1. The maximum Gasteiger partial charge on any atom is 0.0157 e. The summed E-state index contributed by atoms with van der Waals surface area (Å²) in [6.07, 6.45) is 16.4. The molecule has 0 amide bonds. The van der Waals surface area contributed by atoms with Gasteiger partial charge in [0, 0.05) is 5.54 Å². The van der Waals surface area contributed by atoms with Crippen LogP contribution in [-0.4, -0.2) is 5.54 Å². The largest absolute Gasteiger partial charge is 0.325 e. The standard InChI is InChI=1S/C23H41N/c1-4-7-8-9-10-11-12-21-13-15-22(16-14-21)17-20-23(24,18-5-2)19-6-3/h13-16H,4-12,17-20,24H2,1-3H3. The third-order valence-electron chi connectivity index (χ3n) is 5.25. The van der Waals surface area contributed by atoms with Crippen LogP contribution in [0, 0.1) is 0 Å². The van der Waals surface area contributed by atoms with E-state index in [0.29, 0.717) is 0 Å². The highest BCUT2D eigenvalue weighted by Gasteiger charge is 2.22. The molecule has 0 fully saturated rings. The molecule has 1 rings (SSSR count). The Bertz CT molecular complexity index is 401. The van der Waals surface area contributed by atoms with Crippen LogP contribution in [-0.2, 0) is 12.8 Å². The van der Waals surface area contributed by atoms with Gasteiger partial charge < -0.3 is 5.73 Å². The summed E-state index contributed by atoms with van der Waals surface area (Å²) in [5.41, 5.74) is 9.60. The fourth-order valence-electron chi connectivity index (χ4n) is 3.75. The van der Waals surface area contributed by atoms with Crippen molar-refractivity contribution >= 4 is 0 Å². The molecule has 0 aliphatic carbocycles. The zero-order chi connectivity index (χ0) is 17.7. The van der Waals surface area contributed by atoms with E-state index in [2.05, 4.69) is 45.0 Å². The number of benzene rings is 1. The molecule has 1 aromatic rings. The Labute approximate surface area is 151 Å². The van der Waals surface area contributed by atoms with Gasteiger partial charge in [0.1, 0.15) is 0 Å². The normalized spacial score (nSPS) is 11.8. The van der Waals surface area contributed by atoms with Gasteiger partial charge in [0.2, 0.25) is 0 Å². The molecule has 0 radical (unpaired) electrons. The second-order valence-corrected chi connectivity index (χ2v) is 7.70. The lowest BCUT2D eigenvalue weighted by Gasteiger charge is -2.29. The Balaban J connectivity index is 2.33. The molecule has 0 saturated heterocycles. The van der Waals surface area contributed by atoms with E-state index in [-0.39, 0.29) is 5.54 Å². The fraction of sp³-hybridized carbons (Fsp3) is 0.739. The summed E-state index contributed by atoms with van der Waals surface area (Å²) < 4.78 is 0. The third-order valence-corrected chi connectivity index (χ3v) is 5.25. The molecule has 2 N–H and O–H groups in total. The minimum absolute atomic E-state index is 0.0423. The molecule has 0 bridgehead atoms. The summed E-state index contributed by atoms with van der Waals surface area (Å²) in [4.78, 5) is 0. The minimum atomic E-state index is 0.0423. The molecule has 1 aromatic carbocycles. The first-order valence-electron chi connectivity index (χ1n) is 10.5. The van der Waals surface area contributed by atoms with Crippen molar-refractivity contribution in [2.75, 3.05) is 0 Å². The molecule has 0 aliphatic rings. The molecular weight excluding hydrogens is 290 g/mol. The maximum atomic E-state index is 6.61. The molecule has 0 aromatic heterocycles. The Morgan fingerprint density at radius 3 is 1.67 bits per heavy atom. The number of aryl methyl sites for hydroxylation is 2. The maximum absolute atomic E-state index is 6.61. The smallest absolute Gasteiger partial charge is 0.0157 e. The molecule has 0 saturated carbocycles. The van der Waals surface area contributed by atoms with Crippen LogP contribution < -0.4 is 5.73 Å². The highest BCUT2D eigenvalue weighted by molar-refractivity contribution is 5.23. The summed E-state index contributed by atoms with van der Waals surface area (Å²) in [5.74, 6) is 0. The van der Waals surface area contributed by atoms with Crippen molar-refractivity contribution in [1.82, 2.24) is 0 Å². The molecule has 138 valence electrons. The van der Waals surface area contributed by atoms with Crippen molar-refractivity contribution in [3.05, 3.63) is 35.4 Å². The van der Waals surface area contributed by atoms with Gasteiger partial charge in [-0.1, -0.05) is 90.0 Å². The van der Waals surface area contributed by atoms with Crippen molar-refractivity contribution in [3.63, 3.8) is 0 Å². The van der Waals surface area contributed by atoms with Gasteiger partial charge >= 0.3 is 0 Å². The summed E-state index contributed by atoms with van der Waals surface area (Å²) in [6, 6.07) is 9.31. The summed E-state index contributed by atoms with van der Waals surface area (Å²) in [6.45, 7) is 6.77. The fourth-order valence-corrected chi connectivity index (χ4v) is 3.75. The van der Waals surface area contributed by atoms with Gasteiger partial charge in [-0.25, -0.2) is 0 Å². The second-order valence-electron chi connectivity index (χ2n) is 7.70.